The van der Waals surface area contributed by atoms with Crippen molar-refractivity contribution in [1.82, 2.24) is 92.1 Å². The molecule has 22 aromatic rings. The molecule has 15 heterocycles. The van der Waals surface area contributed by atoms with E-state index >= 15 is 0 Å². The summed E-state index contributed by atoms with van der Waals surface area (Å²) in [5.41, 5.74) is 29.5. The van der Waals surface area contributed by atoms with Crippen molar-refractivity contribution in [2.24, 2.45) is 0 Å². The van der Waals surface area contributed by atoms with Crippen molar-refractivity contribution in [1.29, 1.82) is 0 Å². The minimum atomic E-state index is -0.268. The Bertz CT molecular complexity index is 7780. The molecule has 0 saturated carbocycles. The Kier molecular flexibility index (Phi) is 26.1. The lowest BCUT2D eigenvalue weighted by Gasteiger charge is -2.10. The van der Waals surface area contributed by atoms with E-state index in [0.717, 1.165) is 197 Å². The van der Waals surface area contributed by atoms with Crippen LogP contribution in [0.3, 0.4) is 0 Å². The van der Waals surface area contributed by atoms with Gasteiger partial charge in [0.25, 0.3) is 0 Å². The number of imidazole rings is 5. The second-order valence-electron chi connectivity index (χ2n) is 33.9. The summed E-state index contributed by atoms with van der Waals surface area (Å²) in [7, 11) is 0. The quantitative estimate of drug-likeness (QED) is 0.0679. The lowest BCUT2D eigenvalue weighted by molar-refractivity contribution is 0.242. The lowest BCUT2D eigenvalue weighted by Crippen LogP contribution is -2.05. The Morgan fingerprint density at radius 2 is 0.719 bits per heavy atom. The molecule has 0 aliphatic rings. The van der Waals surface area contributed by atoms with Crippen LogP contribution in [-0.4, -0.2) is 123 Å². The number of nitrogens with one attached hydrogen (secondary N) is 2. The van der Waals surface area contributed by atoms with Crippen LogP contribution in [0.25, 0.3) is 157 Å². The van der Waals surface area contributed by atoms with Crippen LogP contribution < -0.4 is 23.7 Å². The molecule has 0 atom stereocenters. The molecular weight excluding hydrogens is 1690 g/mol. The average molecular weight is 1790 g/mol. The molecule has 0 aliphatic carbocycles. The summed E-state index contributed by atoms with van der Waals surface area (Å²) in [6.07, 6.45) is 33.1. The van der Waals surface area contributed by atoms with Gasteiger partial charge in [0, 0.05) is 106 Å². The number of fused-ring (bicyclic) bond motifs is 6. The number of rotatable bonds is 21. The molecule has 25 heteroatoms. The van der Waals surface area contributed by atoms with Crippen LogP contribution in [0, 0.1) is 19.7 Å². The van der Waals surface area contributed by atoms with Crippen LogP contribution >= 0.6 is 0 Å². The zero-order valence-electron chi connectivity index (χ0n) is 76.8. The summed E-state index contributed by atoms with van der Waals surface area (Å²) < 4.78 is 53.8. The van der Waals surface area contributed by atoms with Gasteiger partial charge >= 0.3 is 0 Å². The molecule has 0 aliphatic heterocycles. The van der Waals surface area contributed by atoms with Crippen LogP contribution in [0.2, 0.25) is 0 Å². The monoisotopic (exact) mass is 1790 g/mol. The Morgan fingerprint density at radius 3 is 1.15 bits per heavy atom. The second kappa shape index (κ2) is 39.8. The minimum Gasteiger partial charge on any atom is -0.491 e. The summed E-state index contributed by atoms with van der Waals surface area (Å²) in [5.74, 6) is 4.12. The molecule has 0 fully saturated rings. The van der Waals surface area contributed by atoms with Gasteiger partial charge in [0.05, 0.1) is 125 Å². The normalized spacial score (nSPS) is 11.3. The van der Waals surface area contributed by atoms with E-state index in [4.69, 9.17) is 23.7 Å². The van der Waals surface area contributed by atoms with E-state index in [2.05, 4.69) is 200 Å². The summed E-state index contributed by atoms with van der Waals surface area (Å²) >= 11 is 0. The molecule has 22 rings (SSSR count). The predicted octanol–water partition coefficient (Wildman–Crippen LogP) is 25.0. The molecule has 0 unspecified atom stereocenters. The van der Waals surface area contributed by atoms with E-state index < -0.39 is 0 Å². The number of hydrogen-bond acceptors (Lipinski definition) is 16. The summed E-state index contributed by atoms with van der Waals surface area (Å²) in [6.45, 7) is 24.2. The molecular formula is C110H100FN19O5. The minimum absolute atomic E-state index is 0.151. The third-order valence-electron chi connectivity index (χ3n) is 22.2. The van der Waals surface area contributed by atoms with Gasteiger partial charge in [0.1, 0.15) is 69.1 Å². The Hall–Kier alpha value is -17.0. The summed E-state index contributed by atoms with van der Waals surface area (Å²) in [4.78, 5) is 36.3. The van der Waals surface area contributed by atoms with Crippen molar-refractivity contribution in [3.05, 3.63) is 365 Å². The molecule has 2 N–H and O–H groups in total. The van der Waals surface area contributed by atoms with Gasteiger partial charge in [-0.2, -0.15) is 15.3 Å². The highest BCUT2D eigenvalue weighted by Crippen LogP contribution is 2.36. The molecule has 0 amide bonds. The van der Waals surface area contributed by atoms with Gasteiger partial charge in [-0.3, -0.25) is 42.2 Å². The standard InChI is InChI=1S/C25H21FN4O.C24H20N4O.C22H21N3O.C20H20N4O.C19H18N4O/c1-17(2)31-23-9-3-18(4-10-23)19-11-12-29-24(15-27-25(29)13-19)20-14-28-30(16-20)22-7-5-21(26)6-8-22;1-16(2)29-18-9-7-17(8-10-18)22-13-24-26-14-23(28(24)15-27-22)20-11-12-25-21-6-4-3-5-19(20)21;1-15(2)26-20-6-4-17(5-7-20)18-9-11-25-21(14-24-22(25)13-18)19-8-10-23-16(3)12-19;1-13(2)25-17-6-4-15(5-7-17)16-8-9-24-19(12-21-20(24)10-16)18-11-22-23-14(18)3;1-13(2)24-17-5-3-14(4-6-17)15-7-8-23-18(12-20-19(23)9-15)16-10-21-22-11-16/h3-17H,1-2H3;3-16H,1-2H3;4-15H,1-3H3;4-13H,1-3H3,(H,22,23);3-13H,1-2H3,(H,21,22). The average Bonchev–Trinajstić information content (AvgIpc) is 1.66. The van der Waals surface area contributed by atoms with Crippen LogP contribution in [0.5, 0.6) is 28.7 Å². The van der Waals surface area contributed by atoms with E-state index in [1.54, 1.807) is 29.2 Å². The Labute approximate surface area is 780 Å². The first-order valence-electron chi connectivity index (χ1n) is 44.8. The fourth-order valence-electron chi connectivity index (χ4n) is 15.9. The molecule has 672 valence electrons. The Balaban J connectivity index is 0.000000113. The smallest absolute Gasteiger partial charge is 0.140 e. The summed E-state index contributed by atoms with van der Waals surface area (Å²) in [5, 5.41) is 19.4. The molecule has 135 heavy (non-hydrogen) atoms. The first-order chi connectivity index (χ1) is 65.7. The van der Waals surface area contributed by atoms with Crippen LogP contribution in [-0.2, 0) is 0 Å². The van der Waals surface area contributed by atoms with Crippen molar-refractivity contribution in [2.45, 2.75) is 114 Å². The van der Waals surface area contributed by atoms with Crippen molar-refractivity contribution in [2.75, 3.05) is 0 Å². The van der Waals surface area contributed by atoms with Gasteiger partial charge in [0.2, 0.25) is 0 Å². The Morgan fingerprint density at radius 1 is 0.311 bits per heavy atom. The number of ether oxygens (including phenoxy) is 5. The number of halogens is 1. The number of benzene rings is 7. The highest BCUT2D eigenvalue weighted by molar-refractivity contribution is 5.94. The molecule has 0 bridgehead atoms. The SMILES string of the molecule is CC(C)Oc1ccc(-c2cc3ncc(-c4ccnc5ccccc45)n3cn2)cc1.CC(C)Oc1ccc(-c2ccn3c(-c4cn[nH]c4)cnc3c2)cc1.CC(C)Oc1ccc(-c2ccn3c(-c4cnn(-c5ccc(F)cc5)c4)cnc3c2)cc1.Cc1[nH]ncc1-c1cnc2cc(-c3ccc(OC(C)C)cc3)ccn12.Cc1cc(-c2cnc3cc(-c4ccc(OC(C)C)cc4)ccn23)ccn1. The number of nitrogens with zero attached hydrogens (tertiary/aromatic N) is 17. The fourth-order valence-corrected chi connectivity index (χ4v) is 15.9. The molecule has 0 saturated heterocycles. The summed E-state index contributed by atoms with van der Waals surface area (Å²) in [6, 6.07) is 79.8. The number of para-hydroxylation sites is 1. The number of aromatic nitrogens is 19. The van der Waals surface area contributed by atoms with Gasteiger partial charge < -0.3 is 23.7 Å². The van der Waals surface area contributed by atoms with Crippen LogP contribution in [0.1, 0.15) is 80.6 Å². The van der Waals surface area contributed by atoms with Gasteiger partial charge in [-0.1, -0.05) is 66.7 Å². The van der Waals surface area contributed by atoms with E-state index in [1.807, 2.05) is 282 Å². The molecule has 0 radical (unpaired) electrons. The van der Waals surface area contributed by atoms with Gasteiger partial charge in [-0.15, -0.1) is 0 Å². The molecule has 0 spiro atoms. The number of H-pyrrole nitrogens is 2. The maximum Gasteiger partial charge on any atom is 0.140 e. The number of pyridine rings is 6. The second-order valence-corrected chi connectivity index (χ2v) is 33.9. The zero-order valence-corrected chi connectivity index (χ0v) is 76.8. The predicted molar refractivity (Wildman–Crippen MR) is 531 cm³/mol. The fraction of sp³-hybridized carbons (Fsp3) is 0.155. The van der Waals surface area contributed by atoms with Crippen molar-refractivity contribution in [3.63, 3.8) is 0 Å². The van der Waals surface area contributed by atoms with Crippen molar-refractivity contribution < 1.29 is 28.1 Å². The maximum absolute atomic E-state index is 13.2. The van der Waals surface area contributed by atoms with Crippen molar-refractivity contribution >= 4 is 39.1 Å². The van der Waals surface area contributed by atoms with E-state index in [9.17, 15) is 4.39 Å². The van der Waals surface area contributed by atoms with Gasteiger partial charge in [-0.25, -0.2) is 39.0 Å². The third-order valence-corrected chi connectivity index (χ3v) is 22.2. The van der Waals surface area contributed by atoms with Gasteiger partial charge in [0.15, 0.2) is 0 Å². The number of hydrogen-bond donors (Lipinski definition) is 2. The largest absolute Gasteiger partial charge is 0.491 e. The third kappa shape index (κ3) is 20.6. The first kappa shape index (κ1) is 88.7. The molecule has 7 aromatic carbocycles. The highest BCUT2D eigenvalue weighted by atomic mass is 19.1. The zero-order chi connectivity index (χ0) is 93.2. The van der Waals surface area contributed by atoms with E-state index in [0.29, 0.717) is 0 Å². The van der Waals surface area contributed by atoms with Crippen LogP contribution in [0.15, 0.2) is 348 Å². The number of aryl methyl sites for hydroxylation is 2. The topological polar surface area (TPSA) is 246 Å². The van der Waals surface area contributed by atoms with E-state index in [-0.39, 0.29) is 36.3 Å². The first-order valence-corrected chi connectivity index (χ1v) is 44.8. The van der Waals surface area contributed by atoms with Crippen molar-refractivity contribution in [3.8, 4) is 146 Å². The van der Waals surface area contributed by atoms with Gasteiger partial charge in [-0.05, 0) is 297 Å². The van der Waals surface area contributed by atoms with E-state index in [1.165, 1.54) is 12.1 Å². The molecule has 15 aromatic heterocycles. The molecule has 24 nitrogen and oxygen atoms in total. The highest BCUT2D eigenvalue weighted by Gasteiger charge is 2.19. The maximum atomic E-state index is 13.2. The van der Waals surface area contributed by atoms with Crippen LogP contribution in [0.4, 0.5) is 4.39 Å². The number of aromatic amines is 2. The lowest BCUT2D eigenvalue weighted by atomic mass is 10.1.